The SMILES string of the molecule is COc1ccc(Nc2ccnc(Nc3cccc(C(F)(F)F)c3)n2)cc1Cl. The Bertz CT molecular complexity index is 950. The van der Waals surface area contributed by atoms with Crippen molar-refractivity contribution in [2.75, 3.05) is 17.7 Å². The molecule has 0 fully saturated rings. The number of aromatic nitrogens is 2. The van der Waals surface area contributed by atoms with Gasteiger partial charge >= 0.3 is 6.18 Å². The van der Waals surface area contributed by atoms with Crippen molar-refractivity contribution >= 4 is 34.7 Å². The fourth-order valence-electron chi connectivity index (χ4n) is 2.28. The van der Waals surface area contributed by atoms with Crippen molar-refractivity contribution in [3.05, 3.63) is 65.3 Å². The standard InChI is InChI=1S/C18H14ClF3N4O/c1-27-15-6-5-13(10-14(15)19)24-16-7-8-23-17(26-16)25-12-4-2-3-11(9-12)18(20,21)22/h2-10H,1H3,(H2,23,24,25,26). The Morgan fingerprint density at radius 1 is 1.00 bits per heavy atom. The second kappa shape index (κ2) is 7.71. The monoisotopic (exact) mass is 394 g/mol. The van der Waals surface area contributed by atoms with Crippen molar-refractivity contribution < 1.29 is 17.9 Å². The first-order valence-electron chi connectivity index (χ1n) is 7.73. The van der Waals surface area contributed by atoms with Crippen LogP contribution in [0.5, 0.6) is 5.75 Å². The first kappa shape index (κ1) is 18.8. The van der Waals surface area contributed by atoms with Gasteiger partial charge in [0, 0.05) is 17.6 Å². The highest BCUT2D eigenvalue weighted by Crippen LogP contribution is 2.31. The lowest BCUT2D eigenvalue weighted by atomic mass is 10.2. The number of halogens is 4. The molecule has 0 aliphatic carbocycles. The maximum atomic E-state index is 12.8. The Balaban J connectivity index is 1.77. The zero-order valence-corrected chi connectivity index (χ0v) is 14.8. The van der Waals surface area contributed by atoms with E-state index in [0.29, 0.717) is 22.3 Å². The van der Waals surface area contributed by atoms with Gasteiger partial charge < -0.3 is 15.4 Å². The van der Waals surface area contributed by atoms with E-state index in [1.807, 2.05) is 0 Å². The fraction of sp³-hybridized carbons (Fsp3) is 0.111. The van der Waals surface area contributed by atoms with E-state index in [4.69, 9.17) is 16.3 Å². The minimum absolute atomic E-state index is 0.152. The van der Waals surface area contributed by atoms with Crippen molar-refractivity contribution in [2.45, 2.75) is 6.18 Å². The predicted octanol–water partition coefficient (Wildman–Crippen LogP) is 5.64. The molecule has 2 N–H and O–H groups in total. The maximum Gasteiger partial charge on any atom is 0.416 e. The summed E-state index contributed by atoms with van der Waals surface area (Å²) in [6, 6.07) is 11.6. The molecule has 140 valence electrons. The third-order valence-corrected chi connectivity index (χ3v) is 3.82. The number of anilines is 4. The lowest BCUT2D eigenvalue weighted by Crippen LogP contribution is -2.06. The first-order chi connectivity index (χ1) is 12.8. The molecule has 9 heteroatoms. The summed E-state index contributed by atoms with van der Waals surface area (Å²) in [5.74, 6) is 1.14. The normalized spacial score (nSPS) is 11.1. The third kappa shape index (κ3) is 4.79. The van der Waals surface area contributed by atoms with E-state index in [9.17, 15) is 13.2 Å². The van der Waals surface area contributed by atoms with Crippen molar-refractivity contribution in [3.8, 4) is 5.75 Å². The summed E-state index contributed by atoms with van der Waals surface area (Å²) >= 11 is 6.08. The molecule has 0 saturated carbocycles. The largest absolute Gasteiger partial charge is 0.495 e. The van der Waals surface area contributed by atoms with E-state index in [2.05, 4.69) is 20.6 Å². The molecule has 0 unspecified atom stereocenters. The van der Waals surface area contributed by atoms with Gasteiger partial charge in [-0.1, -0.05) is 17.7 Å². The molecule has 0 aliphatic rings. The summed E-state index contributed by atoms with van der Waals surface area (Å²) in [6.45, 7) is 0. The summed E-state index contributed by atoms with van der Waals surface area (Å²) in [7, 11) is 1.52. The van der Waals surface area contributed by atoms with Gasteiger partial charge in [0.25, 0.3) is 0 Å². The summed E-state index contributed by atoms with van der Waals surface area (Å²) in [6.07, 6.45) is -2.94. The number of hydrogen-bond donors (Lipinski definition) is 2. The van der Waals surface area contributed by atoms with E-state index in [1.54, 1.807) is 24.3 Å². The lowest BCUT2D eigenvalue weighted by molar-refractivity contribution is -0.137. The van der Waals surface area contributed by atoms with Crippen LogP contribution in [0.25, 0.3) is 0 Å². The molecule has 0 radical (unpaired) electrons. The topological polar surface area (TPSA) is 59.1 Å². The van der Waals surface area contributed by atoms with Crippen molar-refractivity contribution in [3.63, 3.8) is 0 Å². The number of hydrogen-bond acceptors (Lipinski definition) is 5. The molecule has 3 rings (SSSR count). The molecule has 3 aromatic rings. The summed E-state index contributed by atoms with van der Waals surface area (Å²) in [5, 5.41) is 6.24. The molecule has 27 heavy (non-hydrogen) atoms. The molecule has 0 spiro atoms. The molecule has 0 atom stereocenters. The molecule has 5 nitrogen and oxygen atoms in total. The Morgan fingerprint density at radius 3 is 2.48 bits per heavy atom. The Kier molecular flexibility index (Phi) is 5.36. The van der Waals surface area contributed by atoms with Crippen LogP contribution in [0.15, 0.2) is 54.7 Å². The number of nitrogens with one attached hydrogen (secondary N) is 2. The zero-order chi connectivity index (χ0) is 19.4. The van der Waals surface area contributed by atoms with E-state index in [0.717, 1.165) is 12.1 Å². The highest BCUT2D eigenvalue weighted by Gasteiger charge is 2.30. The minimum atomic E-state index is -4.42. The van der Waals surface area contributed by atoms with E-state index >= 15 is 0 Å². The smallest absolute Gasteiger partial charge is 0.416 e. The van der Waals surface area contributed by atoms with Crippen molar-refractivity contribution in [1.29, 1.82) is 0 Å². The van der Waals surface area contributed by atoms with Gasteiger partial charge in [-0.3, -0.25) is 0 Å². The maximum absolute atomic E-state index is 12.8. The van der Waals surface area contributed by atoms with Crippen molar-refractivity contribution in [2.24, 2.45) is 0 Å². The number of alkyl halides is 3. The quantitative estimate of drug-likeness (QED) is 0.586. The number of methoxy groups -OCH3 is 1. The van der Waals surface area contributed by atoms with Gasteiger partial charge in [-0.05, 0) is 42.5 Å². The molecule has 0 aliphatic heterocycles. The molecule has 0 bridgehead atoms. The molecule has 1 aromatic heterocycles. The van der Waals surface area contributed by atoms with E-state index in [-0.39, 0.29) is 11.6 Å². The molecular formula is C18H14ClF3N4O. The molecule has 0 amide bonds. The Labute approximate surface area is 158 Å². The second-order valence-corrected chi connectivity index (χ2v) is 5.85. The van der Waals surface area contributed by atoms with Crippen molar-refractivity contribution in [1.82, 2.24) is 9.97 Å². The van der Waals surface area contributed by atoms with Gasteiger partial charge in [0.05, 0.1) is 17.7 Å². The van der Waals surface area contributed by atoms with E-state index in [1.165, 1.54) is 25.4 Å². The van der Waals surface area contributed by atoms with Gasteiger partial charge in [0.2, 0.25) is 5.95 Å². The van der Waals surface area contributed by atoms with Crippen LogP contribution in [0.2, 0.25) is 5.02 Å². The van der Waals surface area contributed by atoms with Gasteiger partial charge in [-0.25, -0.2) is 4.98 Å². The first-order valence-corrected chi connectivity index (χ1v) is 8.11. The summed E-state index contributed by atoms with van der Waals surface area (Å²) < 4.78 is 43.5. The number of nitrogens with zero attached hydrogens (tertiary/aromatic N) is 2. The second-order valence-electron chi connectivity index (χ2n) is 5.44. The fourth-order valence-corrected chi connectivity index (χ4v) is 2.54. The number of benzene rings is 2. The van der Waals surface area contributed by atoms with Gasteiger partial charge in [-0.15, -0.1) is 0 Å². The zero-order valence-electron chi connectivity index (χ0n) is 14.0. The van der Waals surface area contributed by atoms with Crippen LogP contribution in [-0.4, -0.2) is 17.1 Å². The summed E-state index contributed by atoms with van der Waals surface area (Å²) in [5.41, 5.74) is 0.147. The van der Waals surface area contributed by atoms with Crippen LogP contribution in [0.3, 0.4) is 0 Å². The Morgan fingerprint density at radius 2 is 1.78 bits per heavy atom. The van der Waals surface area contributed by atoms with Crippen LogP contribution in [0, 0.1) is 0 Å². The van der Waals surface area contributed by atoms with Gasteiger partial charge in [0.1, 0.15) is 11.6 Å². The third-order valence-electron chi connectivity index (χ3n) is 3.53. The molecular weight excluding hydrogens is 381 g/mol. The summed E-state index contributed by atoms with van der Waals surface area (Å²) in [4.78, 5) is 8.26. The van der Waals surface area contributed by atoms with E-state index < -0.39 is 11.7 Å². The van der Waals surface area contributed by atoms with Crippen LogP contribution in [-0.2, 0) is 6.18 Å². The molecule has 2 aromatic carbocycles. The van der Waals surface area contributed by atoms with Crippen LogP contribution in [0.1, 0.15) is 5.56 Å². The van der Waals surface area contributed by atoms with Crippen LogP contribution >= 0.6 is 11.6 Å². The number of ether oxygens (including phenoxy) is 1. The predicted molar refractivity (Wildman–Crippen MR) is 98.0 cm³/mol. The van der Waals surface area contributed by atoms with Crippen LogP contribution in [0.4, 0.5) is 36.3 Å². The average Bonchev–Trinajstić information content (AvgIpc) is 2.62. The molecule has 0 saturated heterocycles. The minimum Gasteiger partial charge on any atom is -0.495 e. The average molecular weight is 395 g/mol. The highest BCUT2D eigenvalue weighted by atomic mass is 35.5. The number of rotatable bonds is 5. The van der Waals surface area contributed by atoms with Crippen LogP contribution < -0.4 is 15.4 Å². The van der Waals surface area contributed by atoms with Gasteiger partial charge in [0.15, 0.2) is 0 Å². The Hall–Kier alpha value is -3.00. The van der Waals surface area contributed by atoms with Gasteiger partial charge in [-0.2, -0.15) is 18.2 Å². The highest BCUT2D eigenvalue weighted by molar-refractivity contribution is 6.32. The lowest BCUT2D eigenvalue weighted by Gasteiger charge is -2.11. The molecule has 1 heterocycles.